The van der Waals surface area contributed by atoms with Crippen molar-refractivity contribution in [1.82, 2.24) is 20.7 Å². The molecule has 0 radical (unpaired) electrons. The summed E-state index contributed by atoms with van der Waals surface area (Å²) in [5.41, 5.74) is 4.69. The second-order valence-corrected chi connectivity index (χ2v) is 6.22. The standard InChI is InChI=1S/C21H21N5O4.HI/c1-29-20(27)18(25-21(28)30-15-16-6-3-2-4-7-16)9-13-26-12-8-17(14-24-26)19-22-10-5-11-23-19;/h2-8,10-14,18H,9,15H2,1H3,(H-,22,23,24,25,28);1H/t18-;/m0./s1. The Morgan fingerprint density at radius 2 is 1.94 bits per heavy atom. The third kappa shape index (κ3) is 7.48. The van der Waals surface area contributed by atoms with Crippen LogP contribution >= 0.6 is 0 Å². The molecule has 1 aliphatic rings. The van der Waals surface area contributed by atoms with Crippen molar-refractivity contribution >= 4 is 23.9 Å². The van der Waals surface area contributed by atoms with Crippen LogP contribution in [0.5, 0.6) is 0 Å². The summed E-state index contributed by atoms with van der Waals surface area (Å²) < 4.78 is 11.6. The molecular weight excluding hydrogens is 513 g/mol. The number of aromatic nitrogens is 2. The molecule has 1 atom stereocenters. The first kappa shape index (κ1) is 24.0. The molecule has 1 aromatic heterocycles. The average molecular weight is 535 g/mol. The first-order valence-corrected chi connectivity index (χ1v) is 9.24. The van der Waals surface area contributed by atoms with E-state index in [1.165, 1.54) is 7.11 Å². The van der Waals surface area contributed by atoms with Crippen molar-refractivity contribution in [3.05, 3.63) is 78.7 Å². The van der Waals surface area contributed by atoms with Crippen molar-refractivity contribution < 1.29 is 47.7 Å². The van der Waals surface area contributed by atoms with Crippen molar-refractivity contribution in [1.29, 1.82) is 0 Å². The summed E-state index contributed by atoms with van der Waals surface area (Å²) in [6.45, 7) is 0.107. The Morgan fingerprint density at radius 1 is 1.19 bits per heavy atom. The highest BCUT2D eigenvalue weighted by molar-refractivity contribution is 5.83. The van der Waals surface area contributed by atoms with Crippen LogP contribution in [0.1, 0.15) is 17.8 Å². The van der Waals surface area contributed by atoms with Crippen LogP contribution in [0.25, 0.3) is 5.57 Å². The summed E-state index contributed by atoms with van der Waals surface area (Å²) >= 11 is 0. The van der Waals surface area contributed by atoms with Crippen molar-refractivity contribution in [3.8, 4) is 0 Å². The number of hydrazone groups is 1. The zero-order chi connectivity index (χ0) is 21.2. The number of hydrazine groups is 1. The number of methoxy groups -OCH3 is 1. The average Bonchev–Trinajstić information content (AvgIpc) is 2.81. The van der Waals surface area contributed by atoms with Gasteiger partial charge < -0.3 is 38.8 Å². The van der Waals surface area contributed by atoms with Gasteiger partial charge in [0, 0.05) is 24.0 Å². The van der Waals surface area contributed by atoms with E-state index >= 15 is 0 Å². The van der Waals surface area contributed by atoms with Crippen molar-refractivity contribution in [2.75, 3.05) is 7.11 Å². The molecular formula is C21H22IN5O4. The van der Waals surface area contributed by atoms with Gasteiger partial charge in [0.15, 0.2) is 18.2 Å². The number of rotatable bonds is 7. The summed E-state index contributed by atoms with van der Waals surface area (Å²) in [6.07, 6.45) is 9.85. The van der Waals surface area contributed by atoms with Crippen molar-refractivity contribution in [3.63, 3.8) is 0 Å². The van der Waals surface area contributed by atoms with Crippen molar-refractivity contribution in [2.45, 2.75) is 19.1 Å². The smallest absolute Gasteiger partial charge is 0.408 e. The fourth-order valence-corrected chi connectivity index (χ4v) is 2.58. The number of halogens is 1. The van der Waals surface area contributed by atoms with Gasteiger partial charge in [0.25, 0.3) is 0 Å². The minimum absolute atomic E-state index is 0. The Bertz CT molecular complexity index is 964. The highest BCUT2D eigenvalue weighted by atomic mass is 127. The number of allylic oxidation sites excluding steroid dienone is 2. The lowest BCUT2D eigenvalue weighted by Gasteiger charge is -2.14. The molecule has 10 heteroatoms. The van der Waals surface area contributed by atoms with Crippen molar-refractivity contribution in [2.24, 2.45) is 0 Å². The number of carbonyl (C=O) groups is 2. The van der Waals surface area contributed by atoms with E-state index in [0.717, 1.165) is 11.1 Å². The van der Waals surface area contributed by atoms with E-state index < -0.39 is 18.1 Å². The third-order valence-corrected chi connectivity index (χ3v) is 4.14. The highest BCUT2D eigenvalue weighted by Gasteiger charge is 2.23. The predicted molar refractivity (Wildman–Crippen MR) is 109 cm³/mol. The summed E-state index contributed by atoms with van der Waals surface area (Å²) in [5.74, 6) is 0.0222. The lowest BCUT2D eigenvalue weighted by atomic mass is 10.2. The number of amides is 1. The highest BCUT2D eigenvalue weighted by Crippen LogP contribution is 2.11. The Morgan fingerprint density at radius 3 is 2.58 bits per heavy atom. The van der Waals surface area contributed by atoms with Gasteiger partial charge in [-0.1, -0.05) is 35.0 Å². The van der Waals surface area contributed by atoms with Gasteiger partial charge >= 0.3 is 12.1 Å². The second kappa shape index (κ2) is 12.4. The first-order valence-electron chi connectivity index (χ1n) is 9.24. The maximum atomic E-state index is 12.1. The molecule has 0 unspecified atom stereocenters. The minimum Gasteiger partial charge on any atom is -1.00 e. The van der Waals surface area contributed by atoms with E-state index in [0.29, 0.717) is 5.82 Å². The van der Waals surface area contributed by atoms with E-state index in [2.05, 4.69) is 20.7 Å². The van der Waals surface area contributed by atoms with Crippen LogP contribution in [0.4, 0.5) is 4.79 Å². The molecule has 1 aromatic carbocycles. The van der Waals surface area contributed by atoms with E-state index in [1.54, 1.807) is 41.8 Å². The fraction of sp³-hybridized carbons (Fsp3) is 0.190. The lowest BCUT2D eigenvalue weighted by molar-refractivity contribution is -0.508. The number of alkyl carbamates (subject to hydrolysis) is 1. The van der Waals surface area contributed by atoms with Crippen LogP contribution < -0.4 is 34.7 Å². The largest absolute Gasteiger partial charge is 1.00 e. The van der Waals surface area contributed by atoms with Gasteiger partial charge in [0.05, 0.1) is 19.7 Å². The Kier molecular flexibility index (Phi) is 9.62. The topological polar surface area (TPSA) is 105 Å². The predicted octanol–water partition coefficient (Wildman–Crippen LogP) is -1.21. The quantitative estimate of drug-likeness (QED) is 0.261. The monoisotopic (exact) mass is 535 g/mol. The number of ether oxygens (including phenoxy) is 2. The summed E-state index contributed by atoms with van der Waals surface area (Å²) in [4.78, 5) is 32.5. The Labute approximate surface area is 196 Å². The molecule has 3 rings (SSSR count). The number of esters is 1. The number of benzene rings is 1. The van der Waals surface area contributed by atoms with Crippen LogP contribution in [0, 0.1) is 0 Å². The van der Waals surface area contributed by atoms with E-state index in [9.17, 15) is 9.59 Å². The molecule has 1 aliphatic heterocycles. The molecule has 0 saturated heterocycles. The van der Waals surface area contributed by atoms with Gasteiger partial charge in [0.1, 0.15) is 12.6 Å². The van der Waals surface area contributed by atoms with Crippen LogP contribution in [-0.2, 0) is 20.9 Å². The molecule has 2 aromatic rings. The van der Waals surface area contributed by atoms with Crippen LogP contribution in [-0.4, -0.2) is 46.1 Å². The molecule has 1 amide bonds. The van der Waals surface area contributed by atoms with E-state index in [-0.39, 0.29) is 37.0 Å². The Hall–Kier alpha value is -3.28. The number of nitrogens with zero attached hydrogens (tertiary/aromatic N) is 3. The normalized spacial score (nSPS) is 14.5. The molecule has 0 aliphatic carbocycles. The van der Waals surface area contributed by atoms with Crippen LogP contribution in [0.2, 0.25) is 0 Å². The molecule has 2 N–H and O–H groups in total. The molecule has 9 nitrogen and oxygen atoms in total. The zero-order valence-electron chi connectivity index (χ0n) is 16.8. The summed E-state index contributed by atoms with van der Waals surface area (Å²) in [7, 11) is 1.26. The number of nitrogens with one attached hydrogen (secondary N) is 2. The molecule has 2 heterocycles. The number of carbonyl (C=O) groups excluding carboxylic acids is 2. The van der Waals surface area contributed by atoms with Gasteiger partial charge in [-0.15, -0.1) is 0 Å². The van der Waals surface area contributed by atoms with E-state index in [1.807, 2.05) is 36.4 Å². The van der Waals surface area contributed by atoms with Crippen LogP contribution in [0.3, 0.4) is 0 Å². The second-order valence-electron chi connectivity index (χ2n) is 6.22. The Balaban J connectivity index is 0.00000341. The maximum absolute atomic E-state index is 12.1. The SMILES string of the molecule is COC(=O)[C@H](CC=[N+]1C=CC(c2ncccn2)=CN1)NC(=O)OCc1ccccc1.[I-]. The lowest BCUT2D eigenvalue weighted by Crippen LogP contribution is -3.00. The fourth-order valence-electron chi connectivity index (χ4n) is 2.58. The van der Waals surface area contributed by atoms with Gasteiger partial charge in [-0.3, -0.25) is 0 Å². The van der Waals surface area contributed by atoms with Crippen LogP contribution in [0.15, 0.2) is 67.3 Å². The summed E-state index contributed by atoms with van der Waals surface area (Å²) in [6, 6.07) is 10.1. The molecule has 0 saturated carbocycles. The summed E-state index contributed by atoms with van der Waals surface area (Å²) in [5, 5.41) is 2.53. The first-order chi connectivity index (χ1) is 14.7. The van der Waals surface area contributed by atoms with Gasteiger partial charge in [-0.25, -0.2) is 19.6 Å². The molecule has 0 bridgehead atoms. The minimum atomic E-state index is -0.892. The molecule has 0 spiro atoms. The number of hydrogen-bond donors (Lipinski definition) is 2. The van der Waals surface area contributed by atoms with Gasteiger partial charge in [-0.05, 0) is 11.6 Å². The van der Waals surface area contributed by atoms with E-state index in [4.69, 9.17) is 9.47 Å². The molecule has 162 valence electrons. The van der Waals surface area contributed by atoms with Gasteiger partial charge in [-0.2, -0.15) is 5.43 Å². The maximum Gasteiger partial charge on any atom is 0.408 e. The third-order valence-electron chi connectivity index (χ3n) is 4.14. The molecule has 31 heavy (non-hydrogen) atoms. The number of hydrogen-bond acceptors (Lipinski definition) is 7. The molecule has 0 fully saturated rings. The van der Waals surface area contributed by atoms with Gasteiger partial charge in [0.2, 0.25) is 0 Å². The zero-order valence-corrected chi connectivity index (χ0v) is 18.9.